The zero-order chi connectivity index (χ0) is 11.7. The van der Waals surface area contributed by atoms with Crippen LogP contribution in [-0.4, -0.2) is 57.5 Å². The Bertz CT molecular complexity index is 268. The van der Waals surface area contributed by atoms with Gasteiger partial charge in [0.2, 0.25) is 0 Å². The van der Waals surface area contributed by atoms with Gasteiger partial charge in [-0.15, -0.1) is 0 Å². The minimum atomic E-state index is -0.590. The van der Waals surface area contributed by atoms with Gasteiger partial charge in [-0.1, -0.05) is 0 Å². The number of rotatable bonds is 3. The molecule has 0 N–H and O–H groups in total. The van der Waals surface area contributed by atoms with Crippen LogP contribution in [0.15, 0.2) is 0 Å². The van der Waals surface area contributed by atoms with Crippen LogP contribution in [0.3, 0.4) is 0 Å². The largest absolute Gasteiger partial charge is 0.454 e. The summed E-state index contributed by atoms with van der Waals surface area (Å²) in [4.78, 5) is 11.0. The lowest BCUT2D eigenvalue weighted by Gasteiger charge is -2.37. The van der Waals surface area contributed by atoms with Crippen molar-refractivity contribution in [3.63, 3.8) is 0 Å². The van der Waals surface area contributed by atoms with E-state index < -0.39 is 12.4 Å². The lowest BCUT2D eigenvalue weighted by atomic mass is 10.0. The molecule has 0 amide bonds. The molecule has 0 spiro atoms. The van der Waals surface area contributed by atoms with Crippen molar-refractivity contribution in [2.75, 3.05) is 20.8 Å². The van der Waals surface area contributed by atoms with Crippen molar-refractivity contribution in [3.8, 4) is 0 Å². The summed E-state index contributed by atoms with van der Waals surface area (Å²) in [5.41, 5.74) is 0. The zero-order valence-corrected chi connectivity index (χ0v) is 9.54. The van der Waals surface area contributed by atoms with Crippen LogP contribution in [-0.2, 0) is 28.5 Å². The number of methoxy groups -OCH3 is 2. The Balaban J connectivity index is 2.14. The van der Waals surface area contributed by atoms with Crippen LogP contribution < -0.4 is 0 Å². The highest BCUT2D eigenvalue weighted by Gasteiger charge is 2.53. The second-order valence-corrected chi connectivity index (χ2v) is 3.85. The van der Waals surface area contributed by atoms with Gasteiger partial charge in [0.05, 0.1) is 6.61 Å². The van der Waals surface area contributed by atoms with Crippen LogP contribution in [0.4, 0.5) is 0 Å². The minimum Gasteiger partial charge on any atom is -0.454 e. The monoisotopic (exact) mass is 232 g/mol. The lowest BCUT2D eigenvalue weighted by molar-refractivity contribution is -0.263. The van der Waals surface area contributed by atoms with Gasteiger partial charge in [0, 0.05) is 21.1 Å². The Kier molecular flexibility index (Phi) is 3.44. The molecule has 2 bridgehead atoms. The van der Waals surface area contributed by atoms with Crippen LogP contribution in [0.1, 0.15) is 6.92 Å². The summed E-state index contributed by atoms with van der Waals surface area (Å²) in [7, 11) is 3.09. The molecule has 0 radical (unpaired) electrons. The molecule has 2 aliphatic heterocycles. The summed E-state index contributed by atoms with van der Waals surface area (Å²) in [6.45, 7) is 1.77. The molecule has 2 aliphatic rings. The SMILES string of the molecule is CO[C@H]1O[C@@H]2CO[C@H]([C@H]1OC(C)=O)[C@@H]2OC. The Hall–Kier alpha value is -0.690. The first-order valence-corrected chi connectivity index (χ1v) is 5.17. The van der Waals surface area contributed by atoms with Gasteiger partial charge in [0.1, 0.15) is 18.3 Å². The predicted molar refractivity (Wildman–Crippen MR) is 51.8 cm³/mol. The van der Waals surface area contributed by atoms with E-state index in [-0.39, 0.29) is 24.3 Å². The third-order valence-electron chi connectivity index (χ3n) is 2.85. The fraction of sp³-hybridized carbons (Fsp3) is 0.900. The fourth-order valence-corrected chi connectivity index (χ4v) is 2.20. The van der Waals surface area contributed by atoms with Crippen LogP contribution in [0.2, 0.25) is 0 Å². The third-order valence-corrected chi connectivity index (χ3v) is 2.85. The van der Waals surface area contributed by atoms with E-state index in [1.807, 2.05) is 0 Å². The third kappa shape index (κ3) is 1.93. The van der Waals surface area contributed by atoms with E-state index in [0.717, 1.165) is 0 Å². The minimum absolute atomic E-state index is 0.160. The molecule has 2 rings (SSSR count). The fourth-order valence-electron chi connectivity index (χ4n) is 2.20. The normalized spacial score (nSPS) is 42.1. The second-order valence-electron chi connectivity index (χ2n) is 3.85. The molecule has 6 heteroatoms. The van der Waals surface area contributed by atoms with Crippen LogP contribution in [0, 0.1) is 0 Å². The summed E-state index contributed by atoms with van der Waals surface area (Å²) >= 11 is 0. The van der Waals surface area contributed by atoms with Crippen LogP contribution in [0.5, 0.6) is 0 Å². The van der Waals surface area contributed by atoms with E-state index in [4.69, 9.17) is 23.7 Å². The van der Waals surface area contributed by atoms with E-state index in [2.05, 4.69) is 0 Å². The van der Waals surface area contributed by atoms with E-state index in [0.29, 0.717) is 6.61 Å². The summed E-state index contributed by atoms with van der Waals surface area (Å²) < 4.78 is 26.7. The smallest absolute Gasteiger partial charge is 0.303 e. The topological polar surface area (TPSA) is 63.2 Å². The maximum atomic E-state index is 11.0. The molecule has 0 aliphatic carbocycles. The van der Waals surface area contributed by atoms with E-state index >= 15 is 0 Å². The molecule has 0 aromatic carbocycles. The zero-order valence-electron chi connectivity index (χ0n) is 9.54. The van der Waals surface area contributed by atoms with Gasteiger partial charge in [0.25, 0.3) is 0 Å². The van der Waals surface area contributed by atoms with Gasteiger partial charge in [-0.25, -0.2) is 0 Å². The van der Waals surface area contributed by atoms with Gasteiger partial charge < -0.3 is 23.7 Å². The molecule has 92 valence electrons. The highest BCUT2D eigenvalue weighted by molar-refractivity contribution is 5.66. The molecule has 0 unspecified atom stereocenters. The Morgan fingerprint density at radius 3 is 2.56 bits per heavy atom. The van der Waals surface area contributed by atoms with Crippen molar-refractivity contribution in [1.82, 2.24) is 0 Å². The van der Waals surface area contributed by atoms with E-state index in [9.17, 15) is 4.79 Å². The number of esters is 1. The van der Waals surface area contributed by atoms with Crippen molar-refractivity contribution in [2.24, 2.45) is 0 Å². The molecule has 0 aromatic rings. The van der Waals surface area contributed by atoms with Crippen molar-refractivity contribution in [3.05, 3.63) is 0 Å². The molecule has 6 nitrogen and oxygen atoms in total. The lowest BCUT2D eigenvalue weighted by Crippen LogP contribution is -2.55. The van der Waals surface area contributed by atoms with Crippen molar-refractivity contribution in [2.45, 2.75) is 37.6 Å². The number of fused-ring (bicyclic) bond motifs is 2. The summed E-state index contributed by atoms with van der Waals surface area (Å²) in [6, 6.07) is 0. The van der Waals surface area contributed by atoms with Crippen molar-refractivity contribution < 1.29 is 28.5 Å². The first kappa shape index (κ1) is 11.8. The molecule has 16 heavy (non-hydrogen) atoms. The summed E-state index contributed by atoms with van der Waals surface area (Å²) in [5.74, 6) is -0.389. The number of hydrogen-bond acceptors (Lipinski definition) is 6. The van der Waals surface area contributed by atoms with Crippen molar-refractivity contribution in [1.29, 1.82) is 0 Å². The van der Waals surface area contributed by atoms with Crippen molar-refractivity contribution >= 4 is 5.97 Å². The van der Waals surface area contributed by atoms with Gasteiger partial charge in [-0.05, 0) is 0 Å². The van der Waals surface area contributed by atoms with Gasteiger partial charge >= 0.3 is 5.97 Å². The first-order chi connectivity index (χ1) is 7.67. The quantitative estimate of drug-likeness (QED) is 0.623. The molecule has 5 atom stereocenters. The Labute approximate surface area is 93.7 Å². The maximum absolute atomic E-state index is 11.0. The highest BCUT2D eigenvalue weighted by atomic mass is 16.7. The average Bonchev–Trinajstić information content (AvgIpc) is 2.57. The number of hydrogen-bond donors (Lipinski definition) is 0. The number of carbonyl (C=O) groups excluding carboxylic acids is 1. The standard InChI is InChI=1S/C10H16O6/c1-5(11)15-9-8-7(12-2)6(4-14-8)16-10(9)13-3/h6-10H,4H2,1-3H3/t6-,7-,8+,9-,10+/m1/s1. The molecular weight excluding hydrogens is 216 g/mol. The van der Waals surface area contributed by atoms with E-state index in [1.54, 1.807) is 7.11 Å². The van der Waals surface area contributed by atoms with Crippen LogP contribution in [0.25, 0.3) is 0 Å². The molecule has 0 aromatic heterocycles. The highest BCUT2D eigenvalue weighted by Crippen LogP contribution is 2.33. The maximum Gasteiger partial charge on any atom is 0.303 e. The predicted octanol–water partition coefficient (Wildman–Crippen LogP) is -0.297. The van der Waals surface area contributed by atoms with Gasteiger partial charge in [0.15, 0.2) is 12.4 Å². The average molecular weight is 232 g/mol. The Morgan fingerprint density at radius 2 is 2.00 bits per heavy atom. The Morgan fingerprint density at radius 1 is 1.25 bits per heavy atom. The van der Waals surface area contributed by atoms with Gasteiger partial charge in [-0.2, -0.15) is 0 Å². The molecular formula is C10H16O6. The van der Waals surface area contributed by atoms with Crippen LogP contribution >= 0.6 is 0 Å². The van der Waals surface area contributed by atoms with E-state index in [1.165, 1.54) is 14.0 Å². The molecule has 2 fully saturated rings. The second kappa shape index (κ2) is 4.67. The number of carbonyl (C=O) groups is 1. The van der Waals surface area contributed by atoms with Gasteiger partial charge in [-0.3, -0.25) is 4.79 Å². The summed E-state index contributed by atoms with van der Waals surface area (Å²) in [5, 5.41) is 0. The molecule has 2 saturated heterocycles. The summed E-state index contributed by atoms with van der Waals surface area (Å²) in [6.07, 6.45) is -1.86. The molecule has 0 saturated carbocycles. The first-order valence-electron chi connectivity index (χ1n) is 5.17. The number of ether oxygens (including phenoxy) is 5. The molecule has 2 heterocycles.